The summed E-state index contributed by atoms with van der Waals surface area (Å²) in [5.74, 6) is 0. The van der Waals surface area contributed by atoms with Crippen molar-refractivity contribution in [2.24, 2.45) is 0 Å². The lowest BCUT2D eigenvalue weighted by Gasteiger charge is -1.90. The van der Waals surface area contributed by atoms with E-state index in [2.05, 4.69) is 0 Å². The zero-order valence-corrected chi connectivity index (χ0v) is 7.10. The first-order valence-electron chi connectivity index (χ1n) is 4.62. The maximum absolute atomic E-state index is 5.36. The predicted octanol–water partition coefficient (Wildman–Crippen LogP) is 2.74. The van der Waals surface area contributed by atoms with Gasteiger partial charge in [0.15, 0.2) is 0 Å². The highest BCUT2D eigenvalue weighted by Crippen LogP contribution is 2.34. The Hall–Kier alpha value is -0.0400. The van der Waals surface area contributed by atoms with E-state index < -0.39 is 0 Å². The van der Waals surface area contributed by atoms with E-state index in [0.29, 0.717) is 12.2 Å². The smallest absolute Gasteiger partial charge is 0.0841 e. The first-order chi connectivity index (χ1) is 4.97. The summed E-state index contributed by atoms with van der Waals surface area (Å²) >= 11 is 0. The molecule has 0 aromatic heterocycles. The van der Waals surface area contributed by atoms with Gasteiger partial charge in [0.2, 0.25) is 0 Å². The quantitative estimate of drug-likeness (QED) is 0.474. The minimum atomic E-state index is 0.692. The number of rotatable bonds is 0. The molecule has 0 bridgehead atoms. The molecule has 1 saturated carbocycles. The van der Waals surface area contributed by atoms with Crippen molar-refractivity contribution in [1.29, 1.82) is 0 Å². The third-order valence-electron chi connectivity index (χ3n) is 2.16. The maximum atomic E-state index is 5.36. The fraction of sp³-hybridized carbons (Fsp3) is 1.00. The molecule has 1 aliphatic heterocycles. The van der Waals surface area contributed by atoms with Crippen LogP contribution < -0.4 is 0 Å². The Kier molecular flexibility index (Phi) is 3.20. The minimum Gasteiger partial charge on any atom is -0.370 e. The van der Waals surface area contributed by atoms with E-state index in [0.717, 1.165) is 0 Å². The summed E-state index contributed by atoms with van der Waals surface area (Å²) in [6, 6.07) is 0. The summed E-state index contributed by atoms with van der Waals surface area (Å²) in [5.41, 5.74) is 0. The molecule has 1 heteroatoms. The van der Waals surface area contributed by atoms with E-state index >= 15 is 0 Å². The van der Waals surface area contributed by atoms with Gasteiger partial charge in [0.25, 0.3) is 0 Å². The zero-order chi connectivity index (χ0) is 7.40. The topological polar surface area (TPSA) is 12.5 Å². The largest absolute Gasteiger partial charge is 0.370 e. The highest BCUT2D eigenvalue weighted by molar-refractivity contribution is 4.86. The van der Waals surface area contributed by atoms with E-state index in [4.69, 9.17) is 4.74 Å². The first-order valence-corrected chi connectivity index (χ1v) is 4.62. The van der Waals surface area contributed by atoms with E-state index in [1.165, 1.54) is 32.1 Å². The van der Waals surface area contributed by atoms with Crippen LogP contribution in [-0.2, 0) is 4.74 Å². The summed E-state index contributed by atoms with van der Waals surface area (Å²) in [5, 5.41) is 0. The van der Waals surface area contributed by atoms with Gasteiger partial charge in [-0.05, 0) is 12.8 Å². The van der Waals surface area contributed by atoms with Gasteiger partial charge < -0.3 is 4.74 Å². The van der Waals surface area contributed by atoms with Gasteiger partial charge in [-0.25, -0.2) is 0 Å². The number of hydrogen-bond acceptors (Lipinski definition) is 1. The zero-order valence-electron chi connectivity index (χ0n) is 7.10. The summed E-state index contributed by atoms with van der Waals surface area (Å²) in [4.78, 5) is 0. The Bertz CT molecular complexity index is 80.7. The van der Waals surface area contributed by atoms with Crippen molar-refractivity contribution in [3.63, 3.8) is 0 Å². The highest BCUT2D eigenvalue weighted by Gasteiger charge is 2.38. The van der Waals surface area contributed by atoms with Crippen LogP contribution in [0.4, 0.5) is 0 Å². The van der Waals surface area contributed by atoms with E-state index in [-0.39, 0.29) is 0 Å². The molecule has 1 heterocycles. The summed E-state index contributed by atoms with van der Waals surface area (Å²) in [7, 11) is 0. The van der Waals surface area contributed by atoms with Gasteiger partial charge in [-0.1, -0.05) is 33.1 Å². The first kappa shape index (κ1) is 8.06. The number of epoxide rings is 1. The fourth-order valence-electron chi connectivity index (χ4n) is 1.55. The highest BCUT2D eigenvalue weighted by atomic mass is 16.6. The third kappa shape index (κ3) is 1.98. The molecular formula is C9H18O. The Labute approximate surface area is 63.8 Å². The normalized spacial score (nSPS) is 36.6. The lowest BCUT2D eigenvalue weighted by Crippen LogP contribution is -1.87. The molecule has 1 nitrogen and oxygen atoms in total. The molecule has 2 fully saturated rings. The van der Waals surface area contributed by atoms with Crippen LogP contribution in [0, 0.1) is 0 Å². The lowest BCUT2D eigenvalue weighted by atomic mass is 10.2. The van der Waals surface area contributed by atoms with E-state index in [9.17, 15) is 0 Å². The number of hydrogen-bond donors (Lipinski definition) is 0. The van der Waals surface area contributed by atoms with Crippen molar-refractivity contribution >= 4 is 0 Å². The number of fused-ring (bicyclic) bond motifs is 1. The molecular weight excluding hydrogens is 124 g/mol. The third-order valence-corrected chi connectivity index (χ3v) is 2.16. The molecule has 2 aliphatic rings. The van der Waals surface area contributed by atoms with Crippen LogP contribution >= 0.6 is 0 Å². The molecule has 0 aromatic carbocycles. The maximum Gasteiger partial charge on any atom is 0.0841 e. The minimum absolute atomic E-state index is 0.692. The van der Waals surface area contributed by atoms with Crippen LogP contribution in [0.25, 0.3) is 0 Å². The van der Waals surface area contributed by atoms with Crippen LogP contribution in [-0.4, -0.2) is 12.2 Å². The van der Waals surface area contributed by atoms with Crippen molar-refractivity contribution in [3.05, 3.63) is 0 Å². The van der Waals surface area contributed by atoms with Gasteiger partial charge in [0.05, 0.1) is 12.2 Å². The SMILES string of the molecule is C1CCC2OC2CC1.CC. The van der Waals surface area contributed by atoms with Crippen LogP contribution in [0.2, 0.25) is 0 Å². The number of ether oxygens (including phenoxy) is 1. The fourth-order valence-corrected chi connectivity index (χ4v) is 1.55. The van der Waals surface area contributed by atoms with Crippen molar-refractivity contribution < 1.29 is 4.74 Å². The Morgan fingerprint density at radius 2 is 1.40 bits per heavy atom. The molecule has 0 amide bonds. The van der Waals surface area contributed by atoms with Crippen LogP contribution in [0.15, 0.2) is 0 Å². The summed E-state index contributed by atoms with van der Waals surface area (Å²) in [6.07, 6.45) is 8.31. The van der Waals surface area contributed by atoms with Gasteiger partial charge in [-0.3, -0.25) is 0 Å². The van der Waals surface area contributed by atoms with Crippen LogP contribution in [0.5, 0.6) is 0 Å². The van der Waals surface area contributed by atoms with Crippen molar-refractivity contribution in [2.45, 2.75) is 58.2 Å². The molecule has 60 valence electrons. The van der Waals surface area contributed by atoms with Gasteiger partial charge in [0, 0.05) is 0 Å². The second-order valence-electron chi connectivity index (χ2n) is 2.85. The molecule has 1 saturated heterocycles. The van der Waals surface area contributed by atoms with Crippen molar-refractivity contribution in [2.75, 3.05) is 0 Å². The monoisotopic (exact) mass is 142 g/mol. The lowest BCUT2D eigenvalue weighted by molar-refractivity contribution is 0.335. The van der Waals surface area contributed by atoms with E-state index in [1.54, 1.807) is 0 Å². The molecule has 0 aromatic rings. The standard InChI is InChI=1S/C7H12O.C2H6/c1-2-4-6-7(8-6)5-3-1;1-2/h6-7H,1-5H2;1-2H3. The average molecular weight is 142 g/mol. The van der Waals surface area contributed by atoms with Gasteiger partial charge in [-0.2, -0.15) is 0 Å². The second kappa shape index (κ2) is 3.97. The molecule has 10 heavy (non-hydrogen) atoms. The molecule has 1 aliphatic carbocycles. The average Bonchev–Trinajstić information content (AvgIpc) is 2.66. The van der Waals surface area contributed by atoms with E-state index in [1.807, 2.05) is 13.8 Å². The molecule has 0 radical (unpaired) electrons. The van der Waals surface area contributed by atoms with Gasteiger partial charge in [0.1, 0.15) is 0 Å². The summed E-state index contributed by atoms with van der Waals surface area (Å²) in [6.45, 7) is 4.00. The Balaban J connectivity index is 0.000000231. The molecule has 0 spiro atoms. The molecule has 0 N–H and O–H groups in total. The molecule has 2 atom stereocenters. The second-order valence-corrected chi connectivity index (χ2v) is 2.85. The Morgan fingerprint density at radius 3 is 1.90 bits per heavy atom. The van der Waals surface area contributed by atoms with Crippen LogP contribution in [0.1, 0.15) is 46.0 Å². The van der Waals surface area contributed by atoms with Crippen LogP contribution in [0.3, 0.4) is 0 Å². The summed E-state index contributed by atoms with van der Waals surface area (Å²) < 4.78 is 5.36. The molecule has 2 rings (SSSR count). The van der Waals surface area contributed by atoms with Gasteiger partial charge in [-0.15, -0.1) is 0 Å². The van der Waals surface area contributed by atoms with Gasteiger partial charge >= 0.3 is 0 Å². The van der Waals surface area contributed by atoms with Crippen molar-refractivity contribution in [3.8, 4) is 0 Å². The predicted molar refractivity (Wildman–Crippen MR) is 43.1 cm³/mol. The molecule has 2 unspecified atom stereocenters. The Morgan fingerprint density at radius 1 is 0.900 bits per heavy atom. The van der Waals surface area contributed by atoms with Crippen molar-refractivity contribution in [1.82, 2.24) is 0 Å².